The maximum absolute atomic E-state index is 10.7. The fraction of sp³-hybridized carbons (Fsp3) is 0.344. The third kappa shape index (κ3) is 86.3. The zero-order valence-corrected chi connectivity index (χ0v) is 69.8. The summed E-state index contributed by atoms with van der Waals surface area (Å²) >= 11 is 0. The smallest absolute Gasteiger partial charge is 0.412 e. The van der Waals surface area contributed by atoms with Gasteiger partial charge in [-0.25, -0.2) is 0 Å². The molecule has 0 saturated carbocycles. The summed E-state index contributed by atoms with van der Waals surface area (Å²) < 4.78 is 118. The van der Waals surface area contributed by atoms with Crippen LogP contribution >= 0.6 is 15.6 Å². The zero-order chi connectivity index (χ0) is 79.9. The Kier molecular flexibility index (Phi) is 67.6. The number of benzene rings is 6. The number of amides is 6. The summed E-state index contributed by atoms with van der Waals surface area (Å²) in [5.74, 6) is 0. The summed E-state index contributed by atoms with van der Waals surface area (Å²) in [7, 11) is -1.06. The molecule has 0 aliphatic rings. The first kappa shape index (κ1) is 125. The molecule has 0 aromatic heterocycles. The van der Waals surface area contributed by atoms with Crippen molar-refractivity contribution in [3.63, 3.8) is 0 Å². The number of rotatable bonds is 24. The van der Waals surface area contributed by atoms with E-state index in [1.807, 2.05) is 109 Å². The monoisotopic (exact) mass is 1850 g/mol. The van der Waals surface area contributed by atoms with Gasteiger partial charge in [-0.2, -0.15) is 68.2 Å². The maximum Gasteiger partial charge on any atom is 3.00 e. The second-order valence-corrected chi connectivity index (χ2v) is 26.8. The second-order valence-electron chi connectivity index (χ2n) is 23.0. The molecule has 0 unspecified atom stereocenters. The largest absolute Gasteiger partial charge is 3.00 e. The van der Waals surface area contributed by atoms with E-state index in [0.29, 0.717) is 108 Å². The predicted molar refractivity (Wildman–Crippen MR) is 395 cm³/mol. The molecule has 6 amide bonds. The van der Waals surface area contributed by atoms with Gasteiger partial charge in [0.15, 0.2) is 0 Å². The molecule has 6 aromatic carbocycles. The molecule has 0 atom stereocenters. The van der Waals surface area contributed by atoms with Gasteiger partial charge in [-0.1, -0.05) is 170 Å². The number of halogens is 12. The molecule has 0 spiro atoms. The summed E-state index contributed by atoms with van der Waals surface area (Å²) in [5, 5.41) is 27.9. The first-order valence-corrected chi connectivity index (χ1v) is 33.2. The summed E-state index contributed by atoms with van der Waals surface area (Å²) in [6.07, 6.45) is 4.50. The van der Waals surface area contributed by atoms with Crippen LogP contribution in [0.4, 0.5) is 119 Å². The SMILES string of the molecule is CC(C[N-]c1ccccc1[NH-])(C[N-]c1ccccc1[NH-])C[N-]c1ccccc1[NH-].CC(C[N-]c1ccccc1[NH-])(C[N-]c1ccccc1[NH-])C[N-]c1ccccc1[NH-].CN(C)C=O.CN(C)C=O.CN(C)C=O.CN(C)C=O.CN(C)C=O.CN(C)C=O.F[P-](F)(F)(F)(F)F.F[P-](F)(F)(F)(F)F.O.[Fe+2].[Fe+2].[Fe+2].[Fe+2].[Fe+3].[Fe+3]. The number of carbonyl (C=O) groups is 6. The fourth-order valence-corrected chi connectivity index (χ4v) is 5.63. The fourth-order valence-electron chi connectivity index (χ4n) is 5.63. The molecule has 0 aliphatic carbocycles. The van der Waals surface area contributed by atoms with Crippen molar-refractivity contribution >= 4 is 122 Å². The third-order valence-electron chi connectivity index (χ3n) is 10.5. The molecular weight excluding hydrogens is 1760 g/mol. The van der Waals surface area contributed by atoms with Crippen molar-refractivity contribution in [2.24, 2.45) is 10.8 Å². The van der Waals surface area contributed by atoms with Gasteiger partial charge in [-0.05, 0) is 0 Å². The van der Waals surface area contributed by atoms with E-state index in [1.165, 1.54) is 29.4 Å². The van der Waals surface area contributed by atoms with Crippen LogP contribution in [0.1, 0.15) is 13.8 Å². The number of nitrogens with zero attached hydrogens (tertiary/aromatic N) is 12. The molecule has 25 nitrogen and oxygen atoms in total. The normalized spacial score (nSPS) is 10.7. The molecule has 0 aliphatic heterocycles. The molecule has 45 heteroatoms. The quantitative estimate of drug-likeness (QED) is 0.0245. The first-order valence-electron chi connectivity index (χ1n) is 29.2. The molecule has 6 aromatic rings. The van der Waals surface area contributed by atoms with Crippen LogP contribution in [0.5, 0.6) is 0 Å². The van der Waals surface area contributed by atoms with Crippen molar-refractivity contribution in [2.75, 3.05) is 124 Å². The van der Waals surface area contributed by atoms with Gasteiger partial charge in [0, 0.05) is 84.6 Å². The van der Waals surface area contributed by atoms with Gasteiger partial charge in [-0.15, -0.1) is 39.3 Å². The van der Waals surface area contributed by atoms with Crippen molar-refractivity contribution in [1.29, 1.82) is 0 Å². The Labute approximate surface area is 694 Å². The van der Waals surface area contributed by atoms with E-state index in [-0.39, 0.29) is 108 Å². The zero-order valence-electron chi connectivity index (χ0n) is 61.4. The van der Waals surface area contributed by atoms with Gasteiger partial charge < -0.3 is 101 Å². The van der Waals surface area contributed by atoms with Gasteiger partial charge in [0.1, 0.15) is 0 Å². The average Bonchev–Trinajstić information content (AvgIpc) is 0.799. The minimum Gasteiger partial charge on any atom is -0.412 e. The van der Waals surface area contributed by atoms with Crippen LogP contribution in [-0.4, -0.2) is 197 Å². The van der Waals surface area contributed by atoms with Crippen LogP contribution in [0.25, 0.3) is 66.3 Å². The Morgan fingerprint density at radius 2 is 0.358 bits per heavy atom. The van der Waals surface area contributed by atoms with Gasteiger partial charge in [0.25, 0.3) is 0 Å². The van der Waals surface area contributed by atoms with Gasteiger partial charge in [0.05, 0.1) is 0 Å². The summed E-state index contributed by atoms with van der Waals surface area (Å²) in [5.41, 5.74) is 53.4. The van der Waals surface area contributed by atoms with Gasteiger partial charge in [-0.3, -0.25) is 28.8 Å². The van der Waals surface area contributed by atoms with Crippen molar-refractivity contribution < 1.29 is 187 Å². The molecule has 8 N–H and O–H groups in total. The van der Waals surface area contributed by atoms with Gasteiger partial charge in [0.2, 0.25) is 38.5 Å². The molecule has 0 fully saturated rings. The van der Waals surface area contributed by atoms with Crippen molar-refractivity contribution in [3.8, 4) is 0 Å². The molecule has 622 valence electrons. The number of hydrogen-bond acceptors (Lipinski definition) is 6. The number of carbonyl (C=O) groups excluding carboxylic acids is 6. The van der Waals surface area contributed by atoms with E-state index in [1.54, 1.807) is 121 Å². The molecule has 0 saturated heterocycles. The van der Waals surface area contributed by atoms with Crippen molar-refractivity contribution in [1.82, 2.24) is 29.4 Å². The minimum atomic E-state index is -10.7. The molecule has 0 bridgehead atoms. The average molecular weight is 1850 g/mol. The van der Waals surface area contributed by atoms with Crippen LogP contribution in [0, 0.1) is 10.8 Å². The molecule has 0 heterocycles. The summed E-state index contributed by atoms with van der Waals surface area (Å²) in [6, 6.07) is 43.4. The number of hydrogen-bond donors (Lipinski definition) is 0. The van der Waals surface area contributed by atoms with E-state index < -0.39 is 26.4 Å². The standard InChI is InChI=1S/2C23H24N6.6C3H7NO.2F6P.6Fe.H2O/c2*1-23(14-27-20-11-5-2-8-17(20)24,15-28-21-12-6-3-9-18(21)25)16-29-22-13-7-4-10-19(22)26;6*1-4(2)3-5;2*1-7(2,3,4,5)6;;;;;;;/h2*2-13,24-26H,14-16H2,1H3;6*3H,1-2H3;;;;;;;;;1H2/q2*-6;;;;;;;2*-1;4*+2;2*+3;. The van der Waals surface area contributed by atoms with E-state index in [2.05, 4.69) is 45.7 Å². The molecule has 2 radical (unpaired) electrons. The molecular formula is C64H92F12Fe6N18O7P2. The topological polar surface area (TPSA) is 381 Å². The Hall–Kier alpha value is -7.16. The predicted octanol–water partition coefficient (Wildman–Crippen LogP) is 22.5. The van der Waals surface area contributed by atoms with Crippen LogP contribution in [-0.2, 0) is 131 Å². The van der Waals surface area contributed by atoms with Crippen LogP contribution in [0.15, 0.2) is 146 Å². The Morgan fingerprint density at radius 3 is 0.431 bits per heavy atom. The summed E-state index contributed by atoms with van der Waals surface area (Å²) in [4.78, 5) is 65.2. The van der Waals surface area contributed by atoms with Crippen LogP contribution in [0.2, 0.25) is 0 Å². The number of para-hydroxylation sites is 6. The summed E-state index contributed by atoms with van der Waals surface area (Å²) in [6.45, 7) is 6.75. The van der Waals surface area contributed by atoms with Crippen LogP contribution in [0.3, 0.4) is 0 Å². The number of nitrogens with one attached hydrogen (secondary N) is 6. The Balaban J connectivity index is -0.000000122. The van der Waals surface area contributed by atoms with E-state index in [9.17, 15) is 79.1 Å². The van der Waals surface area contributed by atoms with Crippen molar-refractivity contribution in [2.45, 2.75) is 13.8 Å². The van der Waals surface area contributed by atoms with Crippen LogP contribution < -0.4 is 0 Å². The Morgan fingerprint density at radius 1 is 0.275 bits per heavy atom. The first-order chi connectivity index (χ1) is 46.5. The second kappa shape index (κ2) is 58.7. The Bertz CT molecular complexity index is 2870. The van der Waals surface area contributed by atoms with Crippen molar-refractivity contribution in [3.05, 3.63) is 212 Å². The molecule has 6 rings (SSSR count). The van der Waals surface area contributed by atoms with E-state index >= 15 is 0 Å². The third-order valence-corrected chi connectivity index (χ3v) is 10.5. The molecule has 109 heavy (non-hydrogen) atoms. The maximum atomic E-state index is 9.87. The van der Waals surface area contributed by atoms with Gasteiger partial charge >= 0.3 is 168 Å². The van der Waals surface area contributed by atoms with E-state index in [0.717, 1.165) is 38.5 Å². The minimum absolute atomic E-state index is 0. The van der Waals surface area contributed by atoms with E-state index in [4.69, 9.17) is 34.4 Å².